The average Bonchev–Trinajstić information content (AvgIpc) is 3.97. The SMILES string of the molecule is COC(=O)N[C@@H](C(=O)N1C[C@@H]2C[C@@H]2[C@@H]1c1nc2c(ccc3cc(C#Cc4ccc(-c5cnc([C@@H]6C[C@H]7C[C@H]7N6C(=O)[C@H](NC(=O)OC)c6ccccc6)[nH]5)cc4)ccc32)[nH]1)c1ccccc1. The Bertz CT molecular complexity index is 3090. The van der Waals surface area contributed by atoms with E-state index in [1.165, 1.54) is 14.2 Å². The number of piperidine rings is 2. The number of benzene rings is 5. The number of carbonyl (C=O) groups excluding carboxylic acids is 4. The molecule has 7 aromatic rings. The van der Waals surface area contributed by atoms with Crippen LogP contribution in [0.1, 0.15) is 77.3 Å². The fourth-order valence-corrected chi connectivity index (χ4v) is 10.2. The maximum atomic E-state index is 14.2. The zero-order valence-corrected chi connectivity index (χ0v) is 36.2. The van der Waals surface area contributed by atoms with Gasteiger partial charge in [-0.2, -0.15) is 0 Å². The van der Waals surface area contributed by atoms with Crippen LogP contribution in [0.4, 0.5) is 9.59 Å². The van der Waals surface area contributed by atoms with E-state index in [0.29, 0.717) is 41.2 Å². The number of likely N-dealkylation sites (tertiary alicyclic amines) is 2. The van der Waals surface area contributed by atoms with Crippen LogP contribution in [0.25, 0.3) is 33.1 Å². The van der Waals surface area contributed by atoms with Gasteiger partial charge in [0.2, 0.25) is 0 Å². The summed E-state index contributed by atoms with van der Waals surface area (Å²) in [4.78, 5) is 73.7. The number of methoxy groups -OCH3 is 2. The molecule has 2 saturated heterocycles. The van der Waals surface area contributed by atoms with E-state index in [-0.39, 0.29) is 29.9 Å². The monoisotopic (exact) mass is 878 g/mol. The molecule has 66 heavy (non-hydrogen) atoms. The summed E-state index contributed by atoms with van der Waals surface area (Å²) in [5.41, 5.74) is 6.60. The molecule has 14 heteroatoms. The molecule has 330 valence electrons. The van der Waals surface area contributed by atoms with Gasteiger partial charge < -0.3 is 39.9 Å². The molecule has 0 bridgehead atoms. The van der Waals surface area contributed by atoms with Gasteiger partial charge in [-0.15, -0.1) is 0 Å². The Morgan fingerprint density at radius 2 is 1.38 bits per heavy atom. The molecule has 2 saturated carbocycles. The van der Waals surface area contributed by atoms with Crippen molar-refractivity contribution in [2.45, 2.75) is 49.5 Å². The normalized spacial score (nSPS) is 22.1. The van der Waals surface area contributed by atoms with E-state index in [1.807, 2.05) is 107 Å². The molecule has 8 atom stereocenters. The van der Waals surface area contributed by atoms with Gasteiger partial charge in [0, 0.05) is 29.1 Å². The zero-order chi connectivity index (χ0) is 45.1. The highest BCUT2D eigenvalue weighted by Crippen LogP contribution is 2.57. The van der Waals surface area contributed by atoms with Crippen molar-refractivity contribution in [2.75, 3.05) is 20.8 Å². The van der Waals surface area contributed by atoms with Crippen molar-refractivity contribution in [2.24, 2.45) is 17.8 Å². The molecule has 2 aromatic heterocycles. The fourth-order valence-electron chi connectivity index (χ4n) is 10.2. The summed E-state index contributed by atoms with van der Waals surface area (Å²) in [6, 6.07) is 34.5. The van der Waals surface area contributed by atoms with Gasteiger partial charge in [-0.05, 0) is 89.4 Å². The second-order valence-electron chi connectivity index (χ2n) is 17.6. The number of amides is 4. The summed E-state index contributed by atoms with van der Waals surface area (Å²) in [5, 5.41) is 7.49. The fraction of sp³-hybridized carbons (Fsp3) is 0.269. The molecule has 11 rings (SSSR count). The van der Waals surface area contributed by atoms with E-state index in [0.717, 1.165) is 69.3 Å². The van der Waals surface area contributed by atoms with Crippen LogP contribution in [-0.2, 0) is 19.1 Å². The number of nitrogens with zero attached hydrogens (tertiary/aromatic N) is 4. The molecular formula is C52H46N8O6. The highest BCUT2D eigenvalue weighted by molar-refractivity contribution is 6.04. The third-order valence-corrected chi connectivity index (χ3v) is 13.7. The summed E-state index contributed by atoms with van der Waals surface area (Å²) in [5.74, 6) is 8.82. The molecule has 0 unspecified atom stereocenters. The second kappa shape index (κ2) is 16.6. The number of fused-ring (bicyclic) bond motifs is 5. The highest BCUT2D eigenvalue weighted by atomic mass is 16.5. The first-order chi connectivity index (χ1) is 32.2. The van der Waals surface area contributed by atoms with E-state index >= 15 is 0 Å². The van der Waals surface area contributed by atoms with Crippen molar-refractivity contribution in [1.29, 1.82) is 0 Å². The summed E-state index contributed by atoms with van der Waals surface area (Å²) < 4.78 is 9.75. The van der Waals surface area contributed by atoms with Crippen molar-refractivity contribution in [3.05, 3.63) is 155 Å². The van der Waals surface area contributed by atoms with Gasteiger partial charge in [-0.3, -0.25) is 9.59 Å². The number of rotatable bonds is 9. The number of alkyl carbamates (subject to hydrolysis) is 2. The molecule has 4 amide bonds. The summed E-state index contributed by atoms with van der Waals surface area (Å²) >= 11 is 0. The molecule has 14 nitrogen and oxygen atoms in total. The second-order valence-corrected chi connectivity index (χ2v) is 17.6. The molecule has 4 N–H and O–H groups in total. The van der Waals surface area contributed by atoms with Crippen LogP contribution < -0.4 is 10.6 Å². The Labute approximate surface area is 380 Å². The van der Waals surface area contributed by atoms with Crippen LogP contribution in [-0.4, -0.2) is 80.5 Å². The first-order valence-corrected chi connectivity index (χ1v) is 22.3. The van der Waals surface area contributed by atoms with Crippen molar-refractivity contribution >= 4 is 45.8 Å². The van der Waals surface area contributed by atoms with Crippen molar-refractivity contribution in [3.63, 3.8) is 0 Å². The van der Waals surface area contributed by atoms with Gasteiger partial charge in [0.15, 0.2) is 0 Å². The summed E-state index contributed by atoms with van der Waals surface area (Å²) in [6.07, 6.45) is 3.24. The predicted octanol–water partition coefficient (Wildman–Crippen LogP) is 7.88. The van der Waals surface area contributed by atoms with Crippen LogP contribution in [0.15, 0.2) is 121 Å². The van der Waals surface area contributed by atoms with E-state index in [4.69, 9.17) is 19.4 Å². The molecule has 2 aliphatic carbocycles. The number of H-pyrrole nitrogens is 2. The molecule has 4 fully saturated rings. The maximum Gasteiger partial charge on any atom is 0.407 e. The molecule has 4 aliphatic rings. The van der Waals surface area contributed by atoms with Crippen LogP contribution >= 0.6 is 0 Å². The van der Waals surface area contributed by atoms with Crippen LogP contribution in [0.3, 0.4) is 0 Å². The van der Waals surface area contributed by atoms with E-state index in [2.05, 4.69) is 50.6 Å². The van der Waals surface area contributed by atoms with Crippen LogP contribution in [0, 0.1) is 29.6 Å². The van der Waals surface area contributed by atoms with Gasteiger partial charge in [0.05, 0.1) is 49.2 Å². The lowest BCUT2D eigenvalue weighted by atomic mass is 10.0. The van der Waals surface area contributed by atoms with Gasteiger partial charge in [-0.25, -0.2) is 19.6 Å². The van der Waals surface area contributed by atoms with Gasteiger partial charge in [-0.1, -0.05) is 96.8 Å². The predicted molar refractivity (Wildman–Crippen MR) is 245 cm³/mol. The lowest BCUT2D eigenvalue weighted by Gasteiger charge is -2.30. The first kappa shape index (κ1) is 40.8. The van der Waals surface area contributed by atoms with Gasteiger partial charge >= 0.3 is 12.2 Å². The minimum atomic E-state index is -0.885. The maximum absolute atomic E-state index is 14.2. The first-order valence-electron chi connectivity index (χ1n) is 22.3. The number of imidazole rings is 2. The standard InChI is InChI=1S/C52H46N8O6/c1-65-51(63)57-43(32-9-5-3-6-10-32)49(61)59-28-36-24-38(36)46(59)48-54-39-22-20-34-23-30(17-21-37(34)45(39)56-48)14-13-29-15-18-31(19-16-29)40-27-53-47(55-40)42-26-35-25-41(35)60(42)50(62)44(58-52(64)66-2)33-11-7-4-8-12-33/h3-12,15-23,27,35-36,38,41-44,46H,24-26,28H2,1-2H3,(H,53,55)(H,54,56)(H,57,63)(H,58,64)/t35-,36+,38+,41-,42+,43-,44-,46-/m1/s1. The summed E-state index contributed by atoms with van der Waals surface area (Å²) in [6.45, 7) is 0.604. The lowest BCUT2D eigenvalue weighted by Crippen LogP contribution is -2.44. The molecule has 4 heterocycles. The van der Waals surface area contributed by atoms with Gasteiger partial charge in [0.25, 0.3) is 11.8 Å². The summed E-state index contributed by atoms with van der Waals surface area (Å²) in [7, 11) is 2.58. The molecule has 2 aliphatic heterocycles. The van der Waals surface area contributed by atoms with Crippen LogP contribution in [0.2, 0.25) is 0 Å². The molecule has 0 spiro atoms. The van der Waals surface area contributed by atoms with E-state index < -0.39 is 24.3 Å². The number of hydrogen-bond acceptors (Lipinski definition) is 8. The van der Waals surface area contributed by atoms with Crippen molar-refractivity contribution in [3.8, 4) is 23.1 Å². The highest BCUT2D eigenvalue weighted by Gasteiger charge is 2.57. The Balaban J connectivity index is 0.789. The van der Waals surface area contributed by atoms with E-state index in [9.17, 15) is 19.2 Å². The molecule has 5 aromatic carbocycles. The Kier molecular flexibility index (Phi) is 10.3. The largest absolute Gasteiger partial charge is 0.453 e. The third kappa shape index (κ3) is 7.55. The van der Waals surface area contributed by atoms with Crippen molar-refractivity contribution < 1.29 is 28.7 Å². The average molecular weight is 879 g/mol. The quantitative estimate of drug-likeness (QED) is 0.106. The lowest BCUT2D eigenvalue weighted by molar-refractivity contribution is -0.136. The molecular weight excluding hydrogens is 833 g/mol. The Morgan fingerprint density at radius 1 is 0.712 bits per heavy atom. The van der Waals surface area contributed by atoms with Gasteiger partial charge in [0.1, 0.15) is 23.7 Å². The van der Waals surface area contributed by atoms with Crippen LogP contribution in [0.5, 0.6) is 0 Å². The Morgan fingerprint density at radius 3 is 2.08 bits per heavy atom. The zero-order valence-electron chi connectivity index (χ0n) is 36.2. The van der Waals surface area contributed by atoms with Crippen molar-refractivity contribution in [1.82, 2.24) is 40.4 Å². The minimum Gasteiger partial charge on any atom is -0.453 e. The molecule has 0 radical (unpaired) electrons. The third-order valence-electron chi connectivity index (χ3n) is 13.7. The number of nitrogens with one attached hydrogen (secondary N) is 4. The number of aromatic nitrogens is 4. The number of hydrogen-bond donors (Lipinski definition) is 4. The Hall–Kier alpha value is -7.92. The number of carbonyl (C=O) groups is 4. The topological polar surface area (TPSA) is 175 Å². The van der Waals surface area contributed by atoms with E-state index in [1.54, 1.807) is 6.20 Å². The minimum absolute atomic E-state index is 0.109. The number of aromatic amines is 2. The number of ether oxygens (including phenoxy) is 2. The smallest absolute Gasteiger partial charge is 0.407 e.